The molecule has 0 spiro atoms. The first-order valence-electron chi connectivity index (χ1n) is 13.3. The van der Waals surface area contributed by atoms with Crippen LogP contribution in [0, 0.1) is 6.42 Å². The summed E-state index contributed by atoms with van der Waals surface area (Å²) < 4.78 is 39.9. The number of methoxy groups -OCH3 is 2. The second-order valence-electron chi connectivity index (χ2n) is 9.70. The number of alkyl halides is 1. The number of hydrogen-bond acceptors (Lipinski definition) is 7. The highest BCUT2D eigenvalue weighted by molar-refractivity contribution is 5.87. The number of carbonyl (C=O) groups is 1. The molecule has 9 nitrogen and oxygen atoms in total. The first-order valence-corrected chi connectivity index (χ1v) is 13.3. The monoisotopic (exact) mass is 572 g/mol. The van der Waals surface area contributed by atoms with E-state index in [1.165, 1.54) is 25.6 Å². The van der Waals surface area contributed by atoms with Gasteiger partial charge in [-0.2, -0.15) is 4.98 Å². The van der Waals surface area contributed by atoms with Gasteiger partial charge in [-0.1, -0.05) is 54.6 Å². The minimum atomic E-state index is -1.60. The lowest BCUT2D eigenvalue weighted by molar-refractivity contribution is -0.114. The van der Waals surface area contributed by atoms with Crippen molar-refractivity contribution in [2.45, 2.75) is 31.0 Å². The molecule has 1 aromatic heterocycles. The number of carbonyl (C=O) groups excluding carboxylic acids is 1. The van der Waals surface area contributed by atoms with Gasteiger partial charge in [-0.3, -0.25) is 9.36 Å². The minimum absolute atomic E-state index is 0.0317. The third-order valence-corrected chi connectivity index (χ3v) is 7.03. The lowest BCUT2D eigenvalue weighted by atomic mass is 9.80. The molecule has 1 aliphatic rings. The zero-order valence-electron chi connectivity index (χ0n) is 23.4. The predicted molar refractivity (Wildman–Crippen MR) is 154 cm³/mol. The highest BCUT2D eigenvalue weighted by atomic mass is 19.1. The molecule has 1 fully saturated rings. The van der Waals surface area contributed by atoms with E-state index in [0.29, 0.717) is 11.5 Å². The first-order chi connectivity index (χ1) is 20.3. The molecular weight excluding hydrogens is 541 g/mol. The fourth-order valence-corrected chi connectivity index (χ4v) is 5.05. The van der Waals surface area contributed by atoms with E-state index in [2.05, 4.69) is 10.3 Å². The van der Waals surface area contributed by atoms with Crippen LogP contribution < -0.4 is 20.5 Å². The van der Waals surface area contributed by atoms with Gasteiger partial charge in [0.2, 0.25) is 5.91 Å². The van der Waals surface area contributed by atoms with Gasteiger partial charge < -0.3 is 24.3 Å². The van der Waals surface area contributed by atoms with Gasteiger partial charge in [-0.25, -0.2) is 9.18 Å². The molecule has 217 valence electrons. The van der Waals surface area contributed by atoms with Crippen molar-refractivity contribution in [1.29, 1.82) is 0 Å². The molecule has 1 saturated heterocycles. The lowest BCUT2D eigenvalue weighted by Crippen LogP contribution is -2.36. The zero-order valence-corrected chi connectivity index (χ0v) is 23.4. The summed E-state index contributed by atoms with van der Waals surface area (Å²) in [5, 5.41) is 2.44. The number of halogens is 1. The number of benzene rings is 3. The summed E-state index contributed by atoms with van der Waals surface area (Å²) in [6, 6.07) is 26.3. The van der Waals surface area contributed by atoms with E-state index in [4.69, 9.17) is 18.9 Å². The molecule has 3 atom stereocenters. The average Bonchev–Trinajstić information content (AvgIpc) is 3.38. The Hall–Kier alpha value is -4.54. The molecule has 2 heterocycles. The maximum absolute atomic E-state index is 15.2. The van der Waals surface area contributed by atoms with Crippen LogP contribution in [-0.2, 0) is 19.9 Å². The van der Waals surface area contributed by atoms with Gasteiger partial charge in [0.15, 0.2) is 12.4 Å². The van der Waals surface area contributed by atoms with Gasteiger partial charge in [0, 0.05) is 19.5 Å². The third-order valence-electron chi connectivity index (χ3n) is 7.03. The van der Waals surface area contributed by atoms with E-state index >= 15 is 4.39 Å². The van der Waals surface area contributed by atoms with E-state index in [9.17, 15) is 9.59 Å². The number of aromatic nitrogens is 2. The molecule has 42 heavy (non-hydrogen) atoms. The van der Waals surface area contributed by atoms with Crippen LogP contribution in [0.3, 0.4) is 0 Å². The SMILES string of the molecule is COc1ccc(C(OC[C@H]2[CH][C@@H](F)[C@H](n3ccc(NC(C)=O)nc3=O)O2)(c2ccccc2)c2ccc(OC)cc2)cc1. The van der Waals surface area contributed by atoms with Crippen molar-refractivity contribution in [1.82, 2.24) is 9.55 Å². The fourth-order valence-electron chi connectivity index (χ4n) is 5.05. The predicted octanol–water partition coefficient (Wildman–Crippen LogP) is 4.67. The van der Waals surface area contributed by atoms with Crippen LogP contribution in [0.5, 0.6) is 11.5 Å². The molecule has 1 amide bonds. The number of anilines is 1. The normalized spacial score (nSPS) is 18.4. The molecule has 1 radical (unpaired) electrons. The van der Waals surface area contributed by atoms with Crippen LogP contribution >= 0.6 is 0 Å². The number of ether oxygens (including phenoxy) is 4. The van der Waals surface area contributed by atoms with Gasteiger partial charge in [-0.15, -0.1) is 0 Å². The Bertz CT molecular complexity index is 1510. The van der Waals surface area contributed by atoms with Crippen LogP contribution in [0.1, 0.15) is 29.8 Å². The summed E-state index contributed by atoms with van der Waals surface area (Å²) in [7, 11) is 3.20. The summed E-state index contributed by atoms with van der Waals surface area (Å²) >= 11 is 0. The molecule has 3 aromatic carbocycles. The van der Waals surface area contributed by atoms with E-state index in [0.717, 1.165) is 21.3 Å². The van der Waals surface area contributed by atoms with Crippen molar-refractivity contribution in [2.75, 3.05) is 26.1 Å². The molecule has 5 rings (SSSR count). The number of rotatable bonds is 10. The van der Waals surface area contributed by atoms with Crippen molar-refractivity contribution < 1.29 is 28.1 Å². The lowest BCUT2D eigenvalue weighted by Gasteiger charge is -2.36. The number of hydrogen-bond donors (Lipinski definition) is 1. The van der Waals surface area contributed by atoms with Crippen molar-refractivity contribution >= 4 is 11.7 Å². The molecule has 0 unspecified atom stereocenters. The number of nitrogens with zero attached hydrogens (tertiary/aromatic N) is 2. The standard InChI is InChI=1S/C32H31FN3O6/c1-21(37)34-29-17-18-36(31(38)35-29)30-28(33)19-27(42-30)20-41-32(22-7-5-4-6-8-22,23-9-13-25(39-2)14-10-23)24-11-15-26(40-3)16-12-24/h4-19,27-28,30H,20H2,1-3H3,(H,34,35,37,38)/t27-,28-,30-/m1/s1. The highest BCUT2D eigenvalue weighted by Gasteiger charge is 2.42. The maximum Gasteiger partial charge on any atom is 0.351 e. The second-order valence-corrected chi connectivity index (χ2v) is 9.70. The maximum atomic E-state index is 15.2. The minimum Gasteiger partial charge on any atom is -0.497 e. The van der Waals surface area contributed by atoms with E-state index in [-0.39, 0.29) is 18.3 Å². The van der Waals surface area contributed by atoms with Crippen LogP contribution in [0.15, 0.2) is 95.9 Å². The van der Waals surface area contributed by atoms with E-state index in [1.54, 1.807) is 14.2 Å². The third kappa shape index (κ3) is 5.90. The number of amides is 1. The summed E-state index contributed by atoms with van der Waals surface area (Å²) in [5.74, 6) is 1.08. The van der Waals surface area contributed by atoms with Gasteiger partial charge in [0.05, 0.1) is 26.9 Å². The topological polar surface area (TPSA) is 101 Å². The van der Waals surface area contributed by atoms with E-state index in [1.807, 2.05) is 78.9 Å². The Morgan fingerprint density at radius 3 is 2.02 bits per heavy atom. The van der Waals surface area contributed by atoms with Gasteiger partial charge in [0.25, 0.3) is 0 Å². The molecule has 0 bridgehead atoms. The van der Waals surface area contributed by atoms with Crippen LogP contribution in [0.2, 0.25) is 0 Å². The van der Waals surface area contributed by atoms with Gasteiger partial charge in [0.1, 0.15) is 22.9 Å². The molecule has 1 N–H and O–H groups in total. The number of nitrogens with one attached hydrogen (secondary N) is 1. The molecule has 0 aliphatic carbocycles. The Morgan fingerprint density at radius 1 is 0.929 bits per heavy atom. The molecule has 10 heteroatoms. The smallest absolute Gasteiger partial charge is 0.351 e. The Kier molecular flexibility index (Phi) is 8.65. The van der Waals surface area contributed by atoms with Crippen molar-refractivity contribution in [3.8, 4) is 11.5 Å². The molecule has 0 saturated carbocycles. The van der Waals surface area contributed by atoms with Gasteiger partial charge >= 0.3 is 5.69 Å². The quantitative estimate of drug-likeness (QED) is 0.276. The summed E-state index contributed by atoms with van der Waals surface area (Å²) in [6.45, 7) is 1.27. The Balaban J connectivity index is 1.48. The molecular formula is C32H31FN3O6. The Morgan fingerprint density at radius 2 is 1.50 bits per heavy atom. The second kappa shape index (κ2) is 12.5. The Labute approximate surface area is 242 Å². The summed E-state index contributed by atoms with van der Waals surface area (Å²) in [6.07, 6.45) is -0.906. The van der Waals surface area contributed by atoms with E-state index < -0.39 is 29.8 Å². The summed E-state index contributed by atoms with van der Waals surface area (Å²) in [5.41, 5.74) is 0.624. The fraction of sp³-hybridized carbons (Fsp3) is 0.250. The zero-order chi connectivity index (χ0) is 29.7. The molecule has 1 aliphatic heterocycles. The van der Waals surface area contributed by atoms with Gasteiger partial charge in [-0.05, 0) is 47.0 Å². The summed E-state index contributed by atoms with van der Waals surface area (Å²) in [4.78, 5) is 27.7. The van der Waals surface area contributed by atoms with Crippen molar-refractivity contribution in [3.05, 3.63) is 125 Å². The van der Waals surface area contributed by atoms with Crippen molar-refractivity contribution in [3.63, 3.8) is 0 Å². The first kappa shape index (κ1) is 29.0. The highest BCUT2D eigenvalue weighted by Crippen LogP contribution is 2.42. The largest absolute Gasteiger partial charge is 0.497 e. The van der Waals surface area contributed by atoms with Crippen LogP contribution in [-0.4, -0.2) is 48.6 Å². The average molecular weight is 573 g/mol. The van der Waals surface area contributed by atoms with Crippen molar-refractivity contribution in [2.24, 2.45) is 0 Å². The molecule has 4 aromatic rings. The van der Waals surface area contributed by atoms with Crippen LogP contribution in [0.25, 0.3) is 0 Å². The van der Waals surface area contributed by atoms with Crippen LogP contribution in [0.4, 0.5) is 10.2 Å².